The molecule has 3 aromatic rings. The maximum absolute atomic E-state index is 13.7. The lowest BCUT2D eigenvalue weighted by Gasteiger charge is -2.27. The summed E-state index contributed by atoms with van der Waals surface area (Å²) in [6.07, 6.45) is -8.15. The summed E-state index contributed by atoms with van der Waals surface area (Å²) in [5, 5.41) is 2.52. The number of aliphatic imine (C=N–C) groups is 1. The van der Waals surface area contributed by atoms with Crippen molar-refractivity contribution < 1.29 is 32.3 Å². The Morgan fingerprint density at radius 2 is 1.66 bits per heavy atom. The van der Waals surface area contributed by atoms with Crippen LogP contribution in [0.4, 0.5) is 18.9 Å². The molecule has 0 unspecified atom stereocenters. The molecule has 1 aliphatic rings. The van der Waals surface area contributed by atoms with Gasteiger partial charge in [0.2, 0.25) is 18.0 Å². The van der Waals surface area contributed by atoms with Crippen LogP contribution < -0.4 is 20.7 Å². The van der Waals surface area contributed by atoms with E-state index in [1.807, 2.05) is 6.07 Å². The Balaban J connectivity index is 1.75. The molecule has 3 amide bonds. The molecule has 41 heavy (non-hydrogen) atoms. The molecule has 3 atom stereocenters. The van der Waals surface area contributed by atoms with E-state index in [4.69, 9.17) is 10.5 Å². The van der Waals surface area contributed by atoms with Crippen LogP contribution >= 0.6 is 0 Å². The molecule has 214 valence electrons. The lowest BCUT2D eigenvalue weighted by atomic mass is 9.81. The number of nitrogens with two attached hydrogens (primary N) is 1. The minimum Gasteiger partial charge on any atom is -0.497 e. The Labute approximate surface area is 235 Å². The Morgan fingerprint density at radius 1 is 1.02 bits per heavy atom. The van der Waals surface area contributed by atoms with Crippen LogP contribution in [0.1, 0.15) is 35.4 Å². The first-order chi connectivity index (χ1) is 19.5. The number of anilines is 1. The number of nitrogens with zero attached hydrogens (tertiary/aromatic N) is 2. The van der Waals surface area contributed by atoms with E-state index < -0.39 is 54.7 Å². The number of nitrogens with one attached hydrogen (secondary N) is 1. The van der Waals surface area contributed by atoms with Gasteiger partial charge in [0.15, 0.2) is 0 Å². The SMILES string of the molecule is COc1ccc([C@H](C(N)=O)[C@@H](CCC(F)(F)F)C(=O)N[C@H]2N=C(c3ccccc3)c3ccccc3N(C)C2=O)cc1. The minimum atomic E-state index is -4.60. The number of para-hydroxylation sites is 1. The number of benzodiazepines with no additional fused rings is 1. The van der Waals surface area contributed by atoms with E-state index in [0.29, 0.717) is 28.3 Å². The number of benzene rings is 3. The largest absolute Gasteiger partial charge is 0.497 e. The number of halogens is 3. The average Bonchev–Trinajstić information content (AvgIpc) is 3.05. The van der Waals surface area contributed by atoms with Crippen molar-refractivity contribution in [3.63, 3.8) is 0 Å². The third-order valence-corrected chi connectivity index (χ3v) is 6.93. The monoisotopic (exact) mass is 566 g/mol. The molecule has 0 radical (unpaired) electrons. The molecule has 0 aromatic heterocycles. The third kappa shape index (κ3) is 6.74. The summed E-state index contributed by atoms with van der Waals surface area (Å²) in [7, 11) is 2.96. The van der Waals surface area contributed by atoms with Gasteiger partial charge in [0.25, 0.3) is 5.91 Å². The fraction of sp³-hybridized carbons (Fsp3) is 0.267. The zero-order valence-corrected chi connectivity index (χ0v) is 22.4. The first-order valence-electron chi connectivity index (χ1n) is 12.8. The second-order valence-corrected chi connectivity index (χ2v) is 9.58. The molecule has 0 saturated carbocycles. The van der Waals surface area contributed by atoms with E-state index in [1.54, 1.807) is 48.5 Å². The van der Waals surface area contributed by atoms with Crippen LogP contribution in [-0.4, -0.2) is 49.9 Å². The first-order valence-corrected chi connectivity index (χ1v) is 12.8. The summed E-state index contributed by atoms with van der Waals surface area (Å²) in [6, 6.07) is 22.0. The molecule has 0 saturated heterocycles. The molecular formula is C30H29F3N4O4. The van der Waals surface area contributed by atoms with E-state index in [0.717, 1.165) is 0 Å². The number of methoxy groups -OCH3 is 1. The van der Waals surface area contributed by atoms with Gasteiger partial charge in [0.05, 0.1) is 30.3 Å². The fourth-order valence-corrected chi connectivity index (χ4v) is 4.86. The maximum Gasteiger partial charge on any atom is 0.389 e. The van der Waals surface area contributed by atoms with Gasteiger partial charge >= 0.3 is 6.18 Å². The van der Waals surface area contributed by atoms with Gasteiger partial charge in [-0.05, 0) is 30.2 Å². The van der Waals surface area contributed by atoms with Crippen LogP contribution in [0.5, 0.6) is 5.75 Å². The van der Waals surface area contributed by atoms with Gasteiger partial charge in [0.1, 0.15) is 5.75 Å². The zero-order valence-electron chi connectivity index (χ0n) is 22.4. The Kier molecular flexibility index (Phi) is 8.75. The van der Waals surface area contributed by atoms with Gasteiger partial charge < -0.3 is 20.7 Å². The summed E-state index contributed by atoms with van der Waals surface area (Å²) in [6.45, 7) is 0. The van der Waals surface area contributed by atoms with E-state index in [1.165, 1.54) is 43.3 Å². The van der Waals surface area contributed by atoms with E-state index in [9.17, 15) is 27.6 Å². The number of alkyl halides is 3. The molecule has 0 aliphatic carbocycles. The number of carbonyl (C=O) groups excluding carboxylic acids is 3. The zero-order chi connectivity index (χ0) is 29.7. The average molecular weight is 567 g/mol. The summed E-state index contributed by atoms with van der Waals surface area (Å²) in [5.41, 5.74) is 8.15. The number of likely N-dealkylation sites (N-methyl/N-ethyl adjacent to an activating group) is 1. The molecule has 1 aliphatic heterocycles. The van der Waals surface area contributed by atoms with E-state index >= 15 is 0 Å². The molecule has 0 fully saturated rings. The van der Waals surface area contributed by atoms with Crippen molar-refractivity contribution in [2.45, 2.75) is 31.1 Å². The van der Waals surface area contributed by atoms with Gasteiger partial charge in [-0.15, -0.1) is 0 Å². The minimum absolute atomic E-state index is 0.241. The predicted molar refractivity (Wildman–Crippen MR) is 148 cm³/mol. The third-order valence-electron chi connectivity index (χ3n) is 6.93. The van der Waals surface area contributed by atoms with Crippen LogP contribution in [0.15, 0.2) is 83.9 Å². The number of rotatable bonds is 9. The van der Waals surface area contributed by atoms with Gasteiger partial charge in [-0.3, -0.25) is 14.4 Å². The Hall–Kier alpha value is -4.67. The molecule has 1 heterocycles. The molecule has 3 aromatic carbocycles. The fourth-order valence-electron chi connectivity index (χ4n) is 4.86. The quantitative estimate of drug-likeness (QED) is 0.405. The highest BCUT2D eigenvalue weighted by molar-refractivity contribution is 6.20. The first kappa shape index (κ1) is 29.3. The van der Waals surface area contributed by atoms with Gasteiger partial charge in [-0.1, -0.05) is 60.7 Å². The molecule has 8 nitrogen and oxygen atoms in total. The number of fused-ring (bicyclic) bond motifs is 1. The summed E-state index contributed by atoms with van der Waals surface area (Å²) < 4.78 is 45.1. The number of amides is 3. The maximum atomic E-state index is 13.7. The van der Waals surface area contributed by atoms with Crippen molar-refractivity contribution in [2.24, 2.45) is 16.6 Å². The van der Waals surface area contributed by atoms with Crippen LogP contribution in [0.25, 0.3) is 0 Å². The number of hydrogen-bond acceptors (Lipinski definition) is 5. The Bertz CT molecular complexity index is 1440. The van der Waals surface area contributed by atoms with Crippen molar-refractivity contribution in [3.05, 3.63) is 95.6 Å². The lowest BCUT2D eigenvalue weighted by Crippen LogP contribution is -2.49. The van der Waals surface area contributed by atoms with Gasteiger partial charge in [-0.2, -0.15) is 13.2 Å². The number of primary amides is 1. The van der Waals surface area contributed by atoms with Crippen molar-refractivity contribution in [1.82, 2.24) is 5.32 Å². The van der Waals surface area contributed by atoms with Crippen LogP contribution in [0, 0.1) is 5.92 Å². The number of hydrogen-bond donors (Lipinski definition) is 2. The standard InChI is InChI=1S/C30H29F3N4O4/c1-37-23-11-7-6-10-21(23)25(19-8-4-3-5-9-19)35-27(29(37)40)36-28(39)22(16-17-30(31,32)33)24(26(34)38)18-12-14-20(41-2)15-13-18/h3-15,22,24,27H,16-17H2,1-2H3,(H2,34,38)(H,36,39)/t22-,24+,27-/m1/s1. The second-order valence-electron chi connectivity index (χ2n) is 9.58. The Morgan fingerprint density at radius 3 is 2.27 bits per heavy atom. The summed E-state index contributed by atoms with van der Waals surface area (Å²) in [5.74, 6) is -5.04. The summed E-state index contributed by atoms with van der Waals surface area (Å²) in [4.78, 5) is 45.7. The molecular weight excluding hydrogens is 537 g/mol. The lowest BCUT2D eigenvalue weighted by molar-refractivity contribution is -0.144. The molecule has 0 bridgehead atoms. The van der Waals surface area contributed by atoms with Crippen molar-refractivity contribution in [1.29, 1.82) is 0 Å². The van der Waals surface area contributed by atoms with Crippen molar-refractivity contribution >= 4 is 29.1 Å². The van der Waals surface area contributed by atoms with E-state index in [2.05, 4.69) is 10.3 Å². The predicted octanol–water partition coefficient (Wildman–Crippen LogP) is 4.18. The van der Waals surface area contributed by atoms with Crippen molar-refractivity contribution in [2.75, 3.05) is 19.1 Å². The summed E-state index contributed by atoms with van der Waals surface area (Å²) >= 11 is 0. The topological polar surface area (TPSA) is 114 Å². The molecule has 0 spiro atoms. The van der Waals surface area contributed by atoms with Crippen LogP contribution in [0.3, 0.4) is 0 Å². The molecule has 3 N–H and O–H groups in total. The van der Waals surface area contributed by atoms with Crippen molar-refractivity contribution in [3.8, 4) is 5.75 Å². The molecule has 11 heteroatoms. The van der Waals surface area contributed by atoms with Gasteiger partial charge in [0, 0.05) is 24.6 Å². The number of ether oxygens (including phenoxy) is 1. The van der Waals surface area contributed by atoms with Crippen LogP contribution in [-0.2, 0) is 14.4 Å². The highest BCUT2D eigenvalue weighted by Gasteiger charge is 2.40. The van der Waals surface area contributed by atoms with Crippen LogP contribution in [0.2, 0.25) is 0 Å². The highest BCUT2D eigenvalue weighted by atomic mass is 19.4. The second kappa shape index (κ2) is 12.2. The van der Waals surface area contributed by atoms with Gasteiger partial charge in [-0.25, -0.2) is 4.99 Å². The molecule has 4 rings (SSSR count). The van der Waals surface area contributed by atoms with E-state index in [-0.39, 0.29) is 5.56 Å². The smallest absolute Gasteiger partial charge is 0.389 e. The number of carbonyl (C=O) groups is 3. The highest BCUT2D eigenvalue weighted by Crippen LogP contribution is 2.34. The normalized spacial score (nSPS) is 16.6.